The van der Waals surface area contributed by atoms with Crippen LogP contribution in [0.1, 0.15) is 12.0 Å². The molecule has 0 radical (unpaired) electrons. The van der Waals surface area contributed by atoms with Gasteiger partial charge in [0.25, 0.3) is 13.4 Å². The number of benzene rings is 1. The van der Waals surface area contributed by atoms with Crippen LogP contribution >= 0.6 is 23.4 Å². The number of hydrogen-bond acceptors (Lipinski definition) is 4. The number of nitrogens with zero attached hydrogens (tertiary/aromatic N) is 1. The molecule has 0 aliphatic carbocycles. The molecule has 1 aliphatic rings. The van der Waals surface area contributed by atoms with Crippen molar-refractivity contribution >= 4 is 29.4 Å². The first-order chi connectivity index (χ1) is 9.53. The Hall–Kier alpha value is -0.720. The van der Waals surface area contributed by atoms with Gasteiger partial charge in [-0.15, -0.1) is 0 Å². The summed E-state index contributed by atoms with van der Waals surface area (Å²) >= 11 is 3.35. The van der Waals surface area contributed by atoms with E-state index in [0.717, 1.165) is 10.0 Å². The van der Waals surface area contributed by atoms with Crippen molar-refractivity contribution in [2.75, 3.05) is 19.7 Å². The Morgan fingerprint density at radius 2 is 2.15 bits per heavy atom. The molecule has 20 heavy (non-hydrogen) atoms. The van der Waals surface area contributed by atoms with Crippen molar-refractivity contribution in [3.05, 3.63) is 34.3 Å². The average Bonchev–Trinajstić information content (AvgIpc) is 2.44. The number of nitrogens with one attached hydrogen (secondary N) is 1. The van der Waals surface area contributed by atoms with Gasteiger partial charge in [0, 0.05) is 11.0 Å². The zero-order valence-corrected chi connectivity index (χ0v) is 13.3. The van der Waals surface area contributed by atoms with Gasteiger partial charge >= 0.3 is 0 Å². The molecule has 1 atom stereocenters. The molecular formula is C12H16BrN2O4P. The van der Waals surface area contributed by atoms with Crippen molar-refractivity contribution in [2.45, 2.75) is 12.6 Å². The van der Waals surface area contributed by atoms with Crippen LogP contribution in [-0.4, -0.2) is 35.5 Å². The first-order valence-electron chi connectivity index (χ1n) is 6.20. The van der Waals surface area contributed by atoms with Crippen LogP contribution in [0.25, 0.3) is 0 Å². The smallest absolute Gasteiger partial charge is 0.277 e. The molecule has 1 heterocycles. The molecule has 8 heteroatoms. The van der Waals surface area contributed by atoms with E-state index < -0.39 is 13.4 Å². The van der Waals surface area contributed by atoms with Crippen molar-refractivity contribution in [3.63, 3.8) is 0 Å². The standard InChI is InChI=1S/C12H16BrN2O4P/c13-11-4-2-10(3-5-11)9-20(18)15(6-1-7-19-20)8-12(16)14-17/h2-5,17H,1,6-9H2,(H,14,16). The van der Waals surface area contributed by atoms with Crippen LogP contribution in [0.4, 0.5) is 0 Å². The summed E-state index contributed by atoms with van der Waals surface area (Å²) in [5.41, 5.74) is 2.44. The van der Waals surface area contributed by atoms with Crippen molar-refractivity contribution in [1.29, 1.82) is 0 Å². The quantitative estimate of drug-likeness (QED) is 0.488. The highest BCUT2D eigenvalue weighted by Crippen LogP contribution is 2.55. The molecule has 0 bridgehead atoms. The van der Waals surface area contributed by atoms with E-state index in [1.54, 1.807) is 5.48 Å². The largest absolute Gasteiger partial charge is 0.317 e. The molecule has 1 fully saturated rings. The van der Waals surface area contributed by atoms with Gasteiger partial charge in [-0.2, -0.15) is 0 Å². The fourth-order valence-corrected chi connectivity index (χ4v) is 4.64. The lowest BCUT2D eigenvalue weighted by Gasteiger charge is -2.34. The highest BCUT2D eigenvalue weighted by Gasteiger charge is 2.36. The summed E-state index contributed by atoms with van der Waals surface area (Å²) in [7, 11) is -3.08. The zero-order valence-electron chi connectivity index (χ0n) is 10.8. The van der Waals surface area contributed by atoms with E-state index >= 15 is 0 Å². The number of carbonyl (C=O) groups is 1. The van der Waals surface area contributed by atoms with Gasteiger partial charge in [-0.05, 0) is 24.1 Å². The monoisotopic (exact) mass is 362 g/mol. The van der Waals surface area contributed by atoms with Gasteiger partial charge in [0.2, 0.25) is 0 Å². The van der Waals surface area contributed by atoms with E-state index in [9.17, 15) is 9.36 Å². The van der Waals surface area contributed by atoms with Crippen molar-refractivity contribution in [3.8, 4) is 0 Å². The van der Waals surface area contributed by atoms with Gasteiger partial charge in [-0.3, -0.25) is 14.6 Å². The molecule has 0 saturated carbocycles. The summed E-state index contributed by atoms with van der Waals surface area (Å²) in [4.78, 5) is 11.3. The highest BCUT2D eigenvalue weighted by molar-refractivity contribution is 9.10. The minimum absolute atomic E-state index is 0.135. The first-order valence-corrected chi connectivity index (χ1v) is 8.75. The van der Waals surface area contributed by atoms with Gasteiger partial charge < -0.3 is 4.52 Å². The Labute approximate surface area is 125 Å². The molecule has 0 spiro atoms. The number of rotatable bonds is 4. The van der Waals surface area contributed by atoms with Crippen LogP contribution < -0.4 is 5.48 Å². The predicted molar refractivity (Wildman–Crippen MR) is 77.5 cm³/mol. The van der Waals surface area contributed by atoms with Gasteiger partial charge in [0.1, 0.15) is 0 Å². The minimum Gasteiger partial charge on any atom is -0.317 e. The summed E-state index contributed by atoms with van der Waals surface area (Å²) in [6.45, 7) is 0.802. The molecule has 1 aromatic rings. The number of amides is 1. The molecule has 1 aliphatic heterocycles. The maximum atomic E-state index is 12.9. The molecule has 110 valence electrons. The Morgan fingerprint density at radius 3 is 2.80 bits per heavy atom. The number of hydrogen-bond donors (Lipinski definition) is 2. The van der Waals surface area contributed by atoms with E-state index in [1.807, 2.05) is 24.3 Å². The van der Waals surface area contributed by atoms with E-state index in [1.165, 1.54) is 4.67 Å². The Morgan fingerprint density at radius 1 is 1.45 bits per heavy atom. The maximum Gasteiger partial charge on any atom is 0.277 e. The van der Waals surface area contributed by atoms with Gasteiger partial charge in [-0.25, -0.2) is 10.2 Å². The first kappa shape index (κ1) is 15.7. The number of hydroxylamine groups is 1. The third-order valence-corrected chi connectivity index (χ3v) is 6.11. The van der Waals surface area contributed by atoms with Crippen molar-refractivity contribution in [1.82, 2.24) is 10.2 Å². The average molecular weight is 363 g/mol. The lowest BCUT2D eigenvalue weighted by atomic mass is 10.2. The second-order valence-corrected chi connectivity index (χ2v) is 7.86. The summed E-state index contributed by atoms with van der Waals surface area (Å²) in [6.07, 6.45) is 0.960. The molecule has 6 nitrogen and oxygen atoms in total. The van der Waals surface area contributed by atoms with Crippen LogP contribution in [0.2, 0.25) is 0 Å². The maximum absolute atomic E-state index is 12.9. The SMILES string of the molecule is O=C(CN1CCCOP1(=O)Cc1ccc(Br)cc1)NO. The van der Waals surface area contributed by atoms with Crippen LogP contribution in [0.5, 0.6) is 0 Å². The van der Waals surface area contributed by atoms with Crippen LogP contribution in [-0.2, 0) is 20.0 Å². The summed E-state index contributed by atoms with van der Waals surface area (Å²) in [5, 5.41) is 8.59. The third kappa shape index (κ3) is 3.90. The van der Waals surface area contributed by atoms with E-state index in [-0.39, 0.29) is 12.7 Å². The zero-order chi connectivity index (χ0) is 14.6. The summed E-state index contributed by atoms with van der Waals surface area (Å²) in [6, 6.07) is 7.48. The normalized spacial score (nSPS) is 23.5. The van der Waals surface area contributed by atoms with Crippen LogP contribution in [0.15, 0.2) is 28.7 Å². The molecule has 1 amide bonds. The molecule has 1 unspecified atom stereocenters. The number of halogens is 1. The lowest BCUT2D eigenvalue weighted by molar-refractivity contribution is -0.129. The summed E-state index contributed by atoms with van der Waals surface area (Å²) < 4.78 is 20.8. The lowest BCUT2D eigenvalue weighted by Crippen LogP contribution is -2.37. The van der Waals surface area contributed by atoms with Gasteiger partial charge in [0.05, 0.1) is 19.3 Å². The molecule has 0 aromatic heterocycles. The number of carbonyl (C=O) groups excluding carboxylic acids is 1. The second-order valence-electron chi connectivity index (χ2n) is 4.53. The van der Waals surface area contributed by atoms with Crippen LogP contribution in [0.3, 0.4) is 0 Å². The topological polar surface area (TPSA) is 78.9 Å². The second kappa shape index (κ2) is 6.83. The Balaban J connectivity index is 2.13. The van der Waals surface area contributed by atoms with Gasteiger partial charge in [0.15, 0.2) is 0 Å². The molecular weight excluding hydrogens is 347 g/mol. The van der Waals surface area contributed by atoms with Crippen molar-refractivity contribution in [2.24, 2.45) is 0 Å². The highest BCUT2D eigenvalue weighted by atomic mass is 79.9. The van der Waals surface area contributed by atoms with E-state index in [2.05, 4.69) is 15.9 Å². The fourth-order valence-electron chi connectivity index (χ4n) is 2.04. The third-order valence-electron chi connectivity index (χ3n) is 3.03. The Bertz CT molecular complexity index is 523. The summed E-state index contributed by atoms with van der Waals surface area (Å²) in [5.74, 6) is -0.591. The van der Waals surface area contributed by atoms with Gasteiger partial charge in [-0.1, -0.05) is 28.1 Å². The van der Waals surface area contributed by atoms with Crippen molar-refractivity contribution < 1.29 is 19.1 Å². The van der Waals surface area contributed by atoms with Crippen LogP contribution in [0, 0.1) is 0 Å². The molecule has 2 N–H and O–H groups in total. The molecule has 1 aromatic carbocycles. The predicted octanol–water partition coefficient (Wildman–Crippen LogP) is 2.37. The van der Waals surface area contributed by atoms with E-state index in [4.69, 9.17) is 9.73 Å². The fraction of sp³-hybridized carbons (Fsp3) is 0.417. The minimum atomic E-state index is -3.08. The Kier molecular flexibility index (Phi) is 5.35. The molecule has 1 saturated heterocycles. The van der Waals surface area contributed by atoms with E-state index in [0.29, 0.717) is 19.6 Å². The molecule has 2 rings (SSSR count).